The van der Waals surface area contributed by atoms with Gasteiger partial charge in [0.15, 0.2) is 0 Å². The Hall–Kier alpha value is -1.35. The van der Waals surface area contributed by atoms with Crippen LogP contribution in [0, 0.1) is 6.92 Å². The first-order valence-electron chi connectivity index (χ1n) is 3.78. The number of fused-ring (bicyclic) bond motifs is 1. The van der Waals surface area contributed by atoms with Gasteiger partial charge in [0.05, 0.1) is 5.52 Å². The maximum atomic E-state index is 9.40. The van der Waals surface area contributed by atoms with E-state index in [4.69, 9.17) is 11.6 Å². The van der Waals surface area contributed by atoms with Crippen molar-refractivity contribution in [1.82, 2.24) is 9.97 Å². The molecule has 3 nitrogen and oxygen atoms in total. The molecule has 0 unspecified atom stereocenters. The van der Waals surface area contributed by atoms with Crippen LogP contribution in [0.4, 0.5) is 0 Å². The topological polar surface area (TPSA) is 46.0 Å². The molecule has 0 spiro atoms. The van der Waals surface area contributed by atoms with Crippen molar-refractivity contribution in [3.05, 3.63) is 29.2 Å². The Morgan fingerprint density at radius 1 is 1.31 bits per heavy atom. The van der Waals surface area contributed by atoms with Crippen LogP contribution in [0.25, 0.3) is 10.9 Å². The van der Waals surface area contributed by atoms with Gasteiger partial charge in [-0.25, -0.2) is 9.97 Å². The zero-order chi connectivity index (χ0) is 9.42. The number of aryl methyl sites for hydroxylation is 1. The predicted octanol–water partition coefficient (Wildman–Crippen LogP) is 2.30. The molecule has 0 fully saturated rings. The van der Waals surface area contributed by atoms with Crippen LogP contribution in [0.1, 0.15) is 5.56 Å². The van der Waals surface area contributed by atoms with Gasteiger partial charge in [-0.2, -0.15) is 0 Å². The molecule has 2 aromatic rings. The molecule has 0 bridgehead atoms. The summed E-state index contributed by atoms with van der Waals surface area (Å²) in [6.07, 6.45) is 1.37. The van der Waals surface area contributed by atoms with Crippen molar-refractivity contribution in [3.63, 3.8) is 0 Å². The molecule has 13 heavy (non-hydrogen) atoms. The van der Waals surface area contributed by atoms with Crippen LogP contribution in [0.5, 0.6) is 5.75 Å². The summed E-state index contributed by atoms with van der Waals surface area (Å²) in [5.41, 5.74) is 1.42. The van der Waals surface area contributed by atoms with Gasteiger partial charge < -0.3 is 5.11 Å². The van der Waals surface area contributed by atoms with Gasteiger partial charge in [-0.1, -0.05) is 11.6 Å². The van der Waals surface area contributed by atoms with Crippen LogP contribution in [0.15, 0.2) is 18.5 Å². The number of aromatic nitrogens is 2. The van der Waals surface area contributed by atoms with E-state index in [1.165, 1.54) is 6.33 Å². The van der Waals surface area contributed by atoms with Crippen molar-refractivity contribution in [2.45, 2.75) is 6.92 Å². The fourth-order valence-electron chi connectivity index (χ4n) is 1.17. The van der Waals surface area contributed by atoms with Crippen molar-refractivity contribution in [2.75, 3.05) is 0 Å². The van der Waals surface area contributed by atoms with E-state index in [0.29, 0.717) is 10.7 Å². The second-order valence-corrected chi connectivity index (χ2v) is 3.18. The Labute approximate surface area is 80.0 Å². The molecule has 4 heteroatoms. The van der Waals surface area contributed by atoms with Crippen molar-refractivity contribution in [3.8, 4) is 5.75 Å². The first-order chi connectivity index (χ1) is 6.18. The van der Waals surface area contributed by atoms with E-state index in [1.807, 2.05) is 0 Å². The number of nitrogens with zero attached hydrogens (tertiary/aromatic N) is 2. The third kappa shape index (κ3) is 1.31. The lowest BCUT2D eigenvalue weighted by molar-refractivity contribution is 0.472. The SMILES string of the molecule is Cc1cc2c(Cl)ncnc2cc1O. The summed E-state index contributed by atoms with van der Waals surface area (Å²) >= 11 is 5.85. The van der Waals surface area contributed by atoms with E-state index in [-0.39, 0.29) is 5.75 Å². The summed E-state index contributed by atoms with van der Waals surface area (Å²) in [6.45, 7) is 1.80. The highest BCUT2D eigenvalue weighted by atomic mass is 35.5. The molecule has 1 aromatic carbocycles. The van der Waals surface area contributed by atoms with E-state index in [2.05, 4.69) is 9.97 Å². The summed E-state index contributed by atoms with van der Waals surface area (Å²) in [7, 11) is 0. The third-order valence-electron chi connectivity index (χ3n) is 1.90. The summed E-state index contributed by atoms with van der Waals surface area (Å²) in [5, 5.41) is 10.6. The summed E-state index contributed by atoms with van der Waals surface area (Å²) in [6, 6.07) is 3.35. The second kappa shape index (κ2) is 2.85. The Bertz CT molecular complexity index is 470. The smallest absolute Gasteiger partial charge is 0.140 e. The van der Waals surface area contributed by atoms with Crippen molar-refractivity contribution < 1.29 is 5.11 Å². The highest BCUT2D eigenvalue weighted by Crippen LogP contribution is 2.26. The molecule has 2 rings (SSSR count). The number of rotatable bonds is 0. The molecule has 66 valence electrons. The summed E-state index contributed by atoms with van der Waals surface area (Å²) in [4.78, 5) is 7.84. The van der Waals surface area contributed by atoms with Crippen LogP contribution >= 0.6 is 11.6 Å². The van der Waals surface area contributed by atoms with Crippen LogP contribution < -0.4 is 0 Å². The fraction of sp³-hybridized carbons (Fsp3) is 0.111. The highest BCUT2D eigenvalue weighted by molar-refractivity contribution is 6.34. The molecule has 0 radical (unpaired) electrons. The third-order valence-corrected chi connectivity index (χ3v) is 2.21. The van der Waals surface area contributed by atoms with E-state index >= 15 is 0 Å². The number of phenols is 1. The second-order valence-electron chi connectivity index (χ2n) is 2.82. The molecule has 0 aliphatic carbocycles. The van der Waals surface area contributed by atoms with Crippen LogP contribution in [-0.2, 0) is 0 Å². The van der Waals surface area contributed by atoms with Gasteiger partial charge in [0.2, 0.25) is 0 Å². The normalized spacial score (nSPS) is 10.6. The molecule has 0 aliphatic rings. The maximum absolute atomic E-state index is 9.40. The van der Waals surface area contributed by atoms with Gasteiger partial charge in [-0.3, -0.25) is 0 Å². The quantitative estimate of drug-likeness (QED) is 0.655. The van der Waals surface area contributed by atoms with Crippen molar-refractivity contribution >= 4 is 22.5 Å². The van der Waals surface area contributed by atoms with Crippen molar-refractivity contribution in [1.29, 1.82) is 0 Å². The monoisotopic (exact) mass is 194 g/mol. The largest absolute Gasteiger partial charge is 0.508 e. The van der Waals surface area contributed by atoms with Gasteiger partial charge in [0, 0.05) is 11.5 Å². The van der Waals surface area contributed by atoms with Crippen LogP contribution in [-0.4, -0.2) is 15.1 Å². The number of benzene rings is 1. The van der Waals surface area contributed by atoms with E-state index < -0.39 is 0 Å². The minimum Gasteiger partial charge on any atom is -0.508 e. The standard InChI is InChI=1S/C9H7ClN2O/c1-5-2-6-7(3-8(5)13)11-4-12-9(6)10/h2-4,13H,1H3. The Morgan fingerprint density at radius 3 is 2.85 bits per heavy atom. The van der Waals surface area contributed by atoms with Crippen LogP contribution in [0.2, 0.25) is 5.15 Å². The first kappa shape index (κ1) is 8.26. The molecular weight excluding hydrogens is 188 g/mol. The fourth-order valence-corrected chi connectivity index (χ4v) is 1.36. The number of halogens is 1. The minimum atomic E-state index is 0.224. The minimum absolute atomic E-state index is 0.224. The van der Waals surface area contributed by atoms with Gasteiger partial charge in [-0.05, 0) is 18.6 Å². The van der Waals surface area contributed by atoms with Gasteiger partial charge in [0.25, 0.3) is 0 Å². The lowest BCUT2D eigenvalue weighted by Gasteiger charge is -2.02. The van der Waals surface area contributed by atoms with Gasteiger partial charge in [0.1, 0.15) is 17.2 Å². The molecule has 1 N–H and O–H groups in total. The number of phenolic OH excluding ortho intramolecular Hbond substituents is 1. The Morgan fingerprint density at radius 2 is 2.08 bits per heavy atom. The highest BCUT2D eigenvalue weighted by Gasteiger charge is 2.04. The predicted molar refractivity (Wildman–Crippen MR) is 50.9 cm³/mol. The van der Waals surface area contributed by atoms with Crippen LogP contribution in [0.3, 0.4) is 0 Å². The summed E-state index contributed by atoms with van der Waals surface area (Å²) in [5.74, 6) is 0.224. The van der Waals surface area contributed by atoms with E-state index in [0.717, 1.165) is 10.9 Å². The Kier molecular flexibility index (Phi) is 1.81. The number of hydrogen-bond donors (Lipinski definition) is 1. The van der Waals surface area contributed by atoms with E-state index in [9.17, 15) is 5.11 Å². The average Bonchev–Trinajstić information content (AvgIpc) is 2.09. The lowest BCUT2D eigenvalue weighted by atomic mass is 10.1. The molecule has 1 heterocycles. The van der Waals surface area contributed by atoms with Gasteiger partial charge in [-0.15, -0.1) is 0 Å². The number of aromatic hydroxyl groups is 1. The zero-order valence-electron chi connectivity index (χ0n) is 6.95. The molecule has 0 aliphatic heterocycles. The lowest BCUT2D eigenvalue weighted by Crippen LogP contribution is -1.85. The Balaban J connectivity index is 2.89. The van der Waals surface area contributed by atoms with E-state index in [1.54, 1.807) is 19.1 Å². The molecule has 0 amide bonds. The average molecular weight is 195 g/mol. The molecule has 0 saturated heterocycles. The maximum Gasteiger partial charge on any atom is 0.140 e. The molecule has 0 atom stereocenters. The van der Waals surface area contributed by atoms with Crippen molar-refractivity contribution in [2.24, 2.45) is 0 Å². The summed E-state index contributed by atoms with van der Waals surface area (Å²) < 4.78 is 0. The molecule has 0 saturated carbocycles. The van der Waals surface area contributed by atoms with Gasteiger partial charge >= 0.3 is 0 Å². The number of hydrogen-bond acceptors (Lipinski definition) is 3. The first-order valence-corrected chi connectivity index (χ1v) is 4.16. The molecular formula is C9H7ClN2O. The molecule has 1 aromatic heterocycles. The zero-order valence-corrected chi connectivity index (χ0v) is 7.71.